The van der Waals surface area contributed by atoms with Crippen LogP contribution in [0.3, 0.4) is 0 Å². The minimum atomic E-state index is -0.396. The number of aromatic amines is 1. The van der Waals surface area contributed by atoms with Gasteiger partial charge in [-0.1, -0.05) is 85.3 Å². The molecule has 2 heterocycles. The molecule has 0 atom stereocenters. The quantitative estimate of drug-likeness (QED) is 0.255. The number of allylic oxidation sites excluding steroid dienone is 1. The van der Waals surface area contributed by atoms with Crippen molar-refractivity contribution in [1.29, 1.82) is 0 Å². The van der Waals surface area contributed by atoms with E-state index in [2.05, 4.69) is 88.0 Å². The summed E-state index contributed by atoms with van der Waals surface area (Å²) in [5.74, 6) is 0.0874. The van der Waals surface area contributed by atoms with Gasteiger partial charge in [-0.05, 0) is 75.9 Å². The van der Waals surface area contributed by atoms with Crippen LogP contribution >= 0.6 is 0 Å². The summed E-state index contributed by atoms with van der Waals surface area (Å²) in [6.45, 7) is 0. The number of halogens is 1. The van der Waals surface area contributed by atoms with Crippen LogP contribution in [0, 0.1) is 11.9 Å². The van der Waals surface area contributed by atoms with Gasteiger partial charge < -0.3 is 0 Å². The molecule has 1 saturated carbocycles. The first-order chi connectivity index (χ1) is 17.8. The molecule has 3 nitrogen and oxygen atoms in total. The van der Waals surface area contributed by atoms with Gasteiger partial charge in [0.25, 0.3) is 0 Å². The molecular formula is C32H26FN3. The van der Waals surface area contributed by atoms with Crippen molar-refractivity contribution in [3.63, 3.8) is 0 Å². The summed E-state index contributed by atoms with van der Waals surface area (Å²) < 4.78 is 14.5. The van der Waals surface area contributed by atoms with E-state index in [1.165, 1.54) is 30.4 Å². The highest BCUT2D eigenvalue weighted by Gasteiger charge is 2.27. The highest BCUT2D eigenvalue weighted by atomic mass is 19.1. The summed E-state index contributed by atoms with van der Waals surface area (Å²) in [5, 5.41) is 7.08. The normalized spacial score (nSPS) is 14.7. The molecule has 0 unspecified atom stereocenters. The molecule has 0 radical (unpaired) electrons. The molecule has 0 amide bonds. The molecule has 1 aliphatic rings. The molecule has 0 spiro atoms. The predicted octanol–water partition coefficient (Wildman–Crippen LogP) is 8.03. The van der Waals surface area contributed by atoms with Crippen LogP contribution in [0.1, 0.15) is 47.1 Å². The predicted molar refractivity (Wildman–Crippen MR) is 145 cm³/mol. The van der Waals surface area contributed by atoms with Crippen LogP contribution in [0.2, 0.25) is 0 Å². The van der Waals surface area contributed by atoms with Crippen LogP contribution in [-0.2, 0) is 0 Å². The molecule has 1 aliphatic carbocycles. The summed E-state index contributed by atoms with van der Waals surface area (Å²) in [7, 11) is 0. The zero-order valence-electron chi connectivity index (χ0n) is 19.9. The lowest BCUT2D eigenvalue weighted by Gasteiger charge is -2.31. The van der Waals surface area contributed by atoms with Gasteiger partial charge in [0.1, 0.15) is 0 Å². The molecule has 3 aromatic carbocycles. The van der Waals surface area contributed by atoms with Crippen molar-refractivity contribution in [1.82, 2.24) is 15.2 Å². The number of benzene rings is 3. The lowest BCUT2D eigenvalue weighted by atomic mass is 9.73. The van der Waals surface area contributed by atoms with Crippen molar-refractivity contribution in [3.05, 3.63) is 131 Å². The maximum Gasteiger partial charge on any atom is 0.216 e. The maximum atomic E-state index is 14.5. The maximum absolute atomic E-state index is 14.5. The van der Waals surface area contributed by atoms with Crippen LogP contribution in [0.4, 0.5) is 4.39 Å². The molecule has 36 heavy (non-hydrogen) atoms. The molecule has 0 bridgehead atoms. The third-order valence-electron chi connectivity index (χ3n) is 7.02. The van der Waals surface area contributed by atoms with Gasteiger partial charge in [0.2, 0.25) is 5.95 Å². The Balaban J connectivity index is 1.49. The first-order valence-corrected chi connectivity index (χ1v) is 12.4. The Hall–Kier alpha value is -4.31. The zero-order valence-corrected chi connectivity index (χ0v) is 19.9. The fourth-order valence-corrected chi connectivity index (χ4v) is 4.94. The third kappa shape index (κ3) is 4.38. The van der Waals surface area contributed by atoms with Crippen molar-refractivity contribution in [2.45, 2.75) is 19.3 Å². The SMILES string of the molecule is Fc1[nH]nc2ccc(C(=C(c3ccccc3)C3CCC3)c3ccc(/C=C/c4cccnc4)cc3)cc12. The van der Waals surface area contributed by atoms with Crippen LogP contribution < -0.4 is 0 Å². The lowest BCUT2D eigenvalue weighted by Crippen LogP contribution is -2.15. The lowest BCUT2D eigenvalue weighted by molar-refractivity contribution is 0.401. The van der Waals surface area contributed by atoms with E-state index in [0.717, 1.165) is 27.8 Å². The Labute approximate surface area is 210 Å². The van der Waals surface area contributed by atoms with E-state index in [9.17, 15) is 4.39 Å². The first-order valence-electron chi connectivity index (χ1n) is 12.4. The standard InChI is InChI=1S/C32H26FN3/c33-32-28-20-27(17-18-29(28)35-36-32)31(30(25-9-4-10-25)24-7-2-1-3-8-24)26-15-13-22(14-16-26)11-12-23-6-5-19-34-21-23/h1-3,5-8,11-21,25H,4,9-10H2,(H,35,36)/b12-11+,31-30?. The minimum Gasteiger partial charge on any atom is -0.264 e. The number of nitrogens with one attached hydrogen (secondary N) is 1. The second-order valence-electron chi connectivity index (χ2n) is 9.29. The van der Waals surface area contributed by atoms with Gasteiger partial charge in [0.05, 0.1) is 10.9 Å². The summed E-state index contributed by atoms with van der Waals surface area (Å²) in [6, 6.07) is 29.1. The van der Waals surface area contributed by atoms with E-state index in [0.29, 0.717) is 16.8 Å². The van der Waals surface area contributed by atoms with Crippen LogP contribution in [0.25, 0.3) is 34.2 Å². The van der Waals surface area contributed by atoms with Crippen LogP contribution in [0.5, 0.6) is 0 Å². The fourth-order valence-electron chi connectivity index (χ4n) is 4.94. The van der Waals surface area contributed by atoms with Gasteiger partial charge in [-0.2, -0.15) is 9.49 Å². The number of hydrogen-bond donors (Lipinski definition) is 1. The van der Waals surface area contributed by atoms with Crippen molar-refractivity contribution >= 4 is 34.2 Å². The number of H-pyrrole nitrogens is 1. The van der Waals surface area contributed by atoms with E-state index >= 15 is 0 Å². The molecule has 2 aromatic heterocycles. The van der Waals surface area contributed by atoms with E-state index in [-0.39, 0.29) is 0 Å². The molecule has 6 rings (SSSR count). The second-order valence-corrected chi connectivity index (χ2v) is 9.29. The second kappa shape index (κ2) is 9.74. The molecule has 5 aromatic rings. The fraction of sp³-hybridized carbons (Fsp3) is 0.125. The van der Waals surface area contributed by atoms with Gasteiger partial charge in [-0.25, -0.2) is 0 Å². The molecule has 1 N–H and O–H groups in total. The molecular weight excluding hydrogens is 445 g/mol. The zero-order chi connectivity index (χ0) is 24.3. The molecule has 176 valence electrons. The minimum absolute atomic E-state index is 0.396. The first kappa shape index (κ1) is 22.2. The number of pyridine rings is 1. The average Bonchev–Trinajstić information content (AvgIpc) is 3.28. The number of fused-ring (bicyclic) bond motifs is 1. The number of rotatable bonds is 6. The van der Waals surface area contributed by atoms with E-state index in [4.69, 9.17) is 0 Å². The number of hydrogen-bond acceptors (Lipinski definition) is 2. The summed E-state index contributed by atoms with van der Waals surface area (Å²) in [6.07, 6.45) is 11.4. The topological polar surface area (TPSA) is 41.6 Å². The summed E-state index contributed by atoms with van der Waals surface area (Å²) >= 11 is 0. The van der Waals surface area contributed by atoms with E-state index in [1.54, 1.807) is 6.20 Å². The van der Waals surface area contributed by atoms with Crippen molar-refractivity contribution in [2.24, 2.45) is 5.92 Å². The van der Waals surface area contributed by atoms with Gasteiger partial charge in [0, 0.05) is 12.4 Å². The van der Waals surface area contributed by atoms with Gasteiger partial charge in [0.15, 0.2) is 0 Å². The monoisotopic (exact) mass is 471 g/mol. The van der Waals surface area contributed by atoms with Crippen molar-refractivity contribution < 1.29 is 4.39 Å². The largest absolute Gasteiger partial charge is 0.264 e. The Morgan fingerprint density at radius 2 is 1.58 bits per heavy atom. The number of aromatic nitrogens is 3. The molecule has 0 aliphatic heterocycles. The third-order valence-corrected chi connectivity index (χ3v) is 7.02. The highest BCUT2D eigenvalue weighted by molar-refractivity contribution is 6.01. The Bertz CT molecular complexity index is 1540. The Kier molecular flexibility index (Phi) is 6.00. The van der Waals surface area contributed by atoms with Gasteiger partial charge in [-0.15, -0.1) is 0 Å². The number of nitrogens with zero attached hydrogens (tertiary/aromatic N) is 2. The van der Waals surface area contributed by atoms with E-state index < -0.39 is 5.95 Å². The summed E-state index contributed by atoms with van der Waals surface area (Å²) in [5.41, 5.74) is 8.67. The van der Waals surface area contributed by atoms with Crippen molar-refractivity contribution in [3.8, 4) is 0 Å². The van der Waals surface area contributed by atoms with Crippen molar-refractivity contribution in [2.75, 3.05) is 0 Å². The Morgan fingerprint density at radius 3 is 2.31 bits per heavy atom. The smallest absolute Gasteiger partial charge is 0.216 e. The van der Waals surface area contributed by atoms with Crippen LogP contribution in [0.15, 0.2) is 97.3 Å². The molecule has 1 fully saturated rings. The summed E-state index contributed by atoms with van der Waals surface area (Å²) in [4.78, 5) is 4.18. The Morgan fingerprint density at radius 1 is 0.806 bits per heavy atom. The average molecular weight is 472 g/mol. The van der Waals surface area contributed by atoms with Crippen LogP contribution in [-0.4, -0.2) is 15.2 Å². The molecule has 4 heteroatoms. The van der Waals surface area contributed by atoms with E-state index in [1.807, 2.05) is 30.5 Å². The van der Waals surface area contributed by atoms with Gasteiger partial charge >= 0.3 is 0 Å². The highest BCUT2D eigenvalue weighted by Crippen LogP contribution is 2.45. The molecule has 0 saturated heterocycles. The van der Waals surface area contributed by atoms with Gasteiger partial charge in [-0.3, -0.25) is 10.1 Å².